The second kappa shape index (κ2) is 8.75. The van der Waals surface area contributed by atoms with Gasteiger partial charge in [-0.15, -0.1) is 0 Å². The van der Waals surface area contributed by atoms with Crippen molar-refractivity contribution in [1.29, 1.82) is 0 Å². The van der Waals surface area contributed by atoms with Crippen molar-refractivity contribution in [3.63, 3.8) is 0 Å². The number of hydrogen-bond acceptors (Lipinski definition) is 6. The first-order chi connectivity index (χ1) is 17.0. The third-order valence-electron chi connectivity index (χ3n) is 7.24. The van der Waals surface area contributed by atoms with Gasteiger partial charge in [0.2, 0.25) is 5.95 Å². The number of aryl methyl sites for hydroxylation is 1. The summed E-state index contributed by atoms with van der Waals surface area (Å²) in [5.74, 6) is 1.08. The molecule has 0 bridgehead atoms. The van der Waals surface area contributed by atoms with Crippen LogP contribution in [0.15, 0.2) is 48.5 Å². The number of halogens is 1. The largest absolute Gasteiger partial charge is 0.489 e. The van der Waals surface area contributed by atoms with Crippen molar-refractivity contribution in [3.05, 3.63) is 76.9 Å². The molecule has 4 aromatic rings. The van der Waals surface area contributed by atoms with Gasteiger partial charge in [-0.1, -0.05) is 24.3 Å². The molecule has 35 heavy (non-hydrogen) atoms. The minimum Gasteiger partial charge on any atom is -0.423 e. The van der Waals surface area contributed by atoms with Crippen LogP contribution in [0.3, 0.4) is 0 Å². The van der Waals surface area contributed by atoms with Crippen molar-refractivity contribution in [2.75, 3.05) is 18.4 Å². The highest BCUT2D eigenvalue weighted by Gasteiger charge is 2.35. The number of anilines is 1. The monoisotopic (exact) mass is 471 g/mol. The highest BCUT2D eigenvalue weighted by atomic mass is 19.1. The van der Waals surface area contributed by atoms with E-state index in [9.17, 15) is 14.4 Å². The summed E-state index contributed by atoms with van der Waals surface area (Å²) in [4.78, 5) is 12.5. The predicted octanol–water partition coefficient (Wildman–Crippen LogP) is 2.85. The molecule has 2 aromatic heterocycles. The van der Waals surface area contributed by atoms with Gasteiger partial charge in [-0.2, -0.15) is 4.98 Å². The van der Waals surface area contributed by atoms with Crippen LogP contribution in [0, 0.1) is 12.7 Å². The molecule has 0 aliphatic carbocycles. The molecule has 9 heteroatoms. The summed E-state index contributed by atoms with van der Waals surface area (Å²) in [6.07, 6.45) is 3.07. The summed E-state index contributed by atoms with van der Waals surface area (Å²) in [6, 6.07) is 14.3. The number of nitrogens with zero attached hydrogens (tertiary/aromatic N) is 4. The fraction of sp³-hybridized carbons (Fsp3) is 0.308. The van der Waals surface area contributed by atoms with Gasteiger partial charge in [-0.05, 0) is 61.6 Å². The van der Waals surface area contributed by atoms with Crippen molar-refractivity contribution in [3.8, 4) is 5.95 Å². The van der Waals surface area contributed by atoms with Crippen molar-refractivity contribution in [2.24, 2.45) is 0 Å². The second-order valence-electron chi connectivity index (χ2n) is 9.43. The van der Waals surface area contributed by atoms with Gasteiger partial charge in [-0.3, -0.25) is 9.47 Å². The Bertz CT molecular complexity index is 1420. The van der Waals surface area contributed by atoms with Crippen LogP contribution in [0.5, 0.6) is 0 Å². The van der Waals surface area contributed by atoms with Crippen LogP contribution in [0.2, 0.25) is 0 Å². The normalized spacial score (nSPS) is 17.4. The Kier molecular flexibility index (Phi) is 5.55. The SMILES string of the molecule is Cc1cc2c(B(O)O)cccc2n1-c1nc2c(c(NCc3cccc(F)c3)n1)C1CCCN1CC2. The Morgan fingerprint density at radius 2 is 1.97 bits per heavy atom. The molecule has 1 saturated heterocycles. The van der Waals surface area contributed by atoms with Crippen LogP contribution in [0.1, 0.15) is 41.4 Å². The smallest absolute Gasteiger partial charge is 0.423 e. The summed E-state index contributed by atoms with van der Waals surface area (Å²) in [5.41, 5.74) is 5.22. The van der Waals surface area contributed by atoms with Gasteiger partial charge in [0.15, 0.2) is 0 Å². The maximum Gasteiger partial charge on any atom is 0.489 e. The van der Waals surface area contributed by atoms with Crippen LogP contribution in [0.25, 0.3) is 16.9 Å². The molecule has 4 heterocycles. The van der Waals surface area contributed by atoms with Crippen molar-refractivity contribution >= 4 is 29.3 Å². The van der Waals surface area contributed by atoms with E-state index in [0.29, 0.717) is 24.0 Å². The number of fused-ring (bicyclic) bond motifs is 4. The lowest BCUT2D eigenvalue weighted by Crippen LogP contribution is -2.33. The van der Waals surface area contributed by atoms with E-state index in [2.05, 4.69) is 10.2 Å². The predicted molar refractivity (Wildman–Crippen MR) is 134 cm³/mol. The van der Waals surface area contributed by atoms with Crippen molar-refractivity contribution < 1.29 is 14.4 Å². The molecule has 1 fully saturated rings. The van der Waals surface area contributed by atoms with Gasteiger partial charge in [0.25, 0.3) is 0 Å². The molecule has 178 valence electrons. The molecule has 3 N–H and O–H groups in total. The van der Waals surface area contributed by atoms with E-state index in [0.717, 1.165) is 71.6 Å². The average molecular weight is 471 g/mol. The Balaban J connectivity index is 1.48. The summed E-state index contributed by atoms with van der Waals surface area (Å²) in [7, 11) is -1.56. The van der Waals surface area contributed by atoms with Gasteiger partial charge in [-0.25, -0.2) is 9.37 Å². The molecule has 0 spiro atoms. The van der Waals surface area contributed by atoms with Crippen molar-refractivity contribution in [2.45, 2.75) is 38.8 Å². The fourth-order valence-electron chi connectivity index (χ4n) is 5.66. The van der Waals surface area contributed by atoms with Crippen LogP contribution >= 0.6 is 0 Å². The Morgan fingerprint density at radius 1 is 1.11 bits per heavy atom. The Morgan fingerprint density at radius 3 is 2.80 bits per heavy atom. The van der Waals surface area contributed by atoms with E-state index in [-0.39, 0.29) is 5.82 Å². The highest BCUT2D eigenvalue weighted by molar-refractivity contribution is 6.61. The van der Waals surface area contributed by atoms with Crippen LogP contribution in [0.4, 0.5) is 10.2 Å². The third-order valence-corrected chi connectivity index (χ3v) is 7.24. The zero-order chi connectivity index (χ0) is 24.1. The highest BCUT2D eigenvalue weighted by Crippen LogP contribution is 2.41. The number of hydrogen-bond donors (Lipinski definition) is 3. The topological polar surface area (TPSA) is 86.4 Å². The summed E-state index contributed by atoms with van der Waals surface area (Å²) < 4.78 is 15.7. The minimum atomic E-state index is -1.56. The van der Waals surface area contributed by atoms with E-state index in [1.54, 1.807) is 12.1 Å². The van der Waals surface area contributed by atoms with Gasteiger partial charge in [0.1, 0.15) is 11.6 Å². The summed E-state index contributed by atoms with van der Waals surface area (Å²) >= 11 is 0. The third kappa shape index (κ3) is 3.89. The van der Waals surface area contributed by atoms with Gasteiger partial charge in [0.05, 0.1) is 11.2 Å². The molecule has 1 unspecified atom stereocenters. The minimum absolute atomic E-state index is 0.256. The van der Waals surface area contributed by atoms with Gasteiger partial charge in [0, 0.05) is 42.2 Å². The van der Waals surface area contributed by atoms with Crippen LogP contribution in [-0.4, -0.2) is 49.7 Å². The maximum absolute atomic E-state index is 13.8. The summed E-state index contributed by atoms with van der Waals surface area (Å²) in [5, 5.41) is 24.0. The molecule has 7 nitrogen and oxygen atoms in total. The van der Waals surface area contributed by atoms with Gasteiger partial charge < -0.3 is 15.4 Å². The standard InChI is InChI=1S/C26H27BFN5O2/c1-16-13-19-20(27(34)35)7-3-8-22(19)33(16)26-30-21-10-12-32-11-4-9-23(32)24(21)25(31-26)29-15-17-5-2-6-18(28)14-17/h2-3,5-8,13-14,23,34-35H,4,9-12,15H2,1H3,(H,29,30,31). The number of rotatable bonds is 5. The lowest BCUT2D eigenvalue weighted by atomic mass is 9.78. The molecule has 6 rings (SSSR count). The van der Waals surface area contributed by atoms with E-state index in [1.165, 1.54) is 12.1 Å². The number of nitrogens with one attached hydrogen (secondary N) is 1. The lowest BCUT2D eigenvalue weighted by Gasteiger charge is -2.32. The molecule has 0 radical (unpaired) electrons. The lowest BCUT2D eigenvalue weighted by molar-refractivity contribution is 0.241. The van der Waals surface area contributed by atoms with E-state index in [1.807, 2.05) is 35.8 Å². The maximum atomic E-state index is 13.8. The molecule has 2 aliphatic rings. The first-order valence-electron chi connectivity index (χ1n) is 12.1. The van der Waals surface area contributed by atoms with E-state index >= 15 is 0 Å². The summed E-state index contributed by atoms with van der Waals surface area (Å²) in [6.45, 7) is 4.49. The van der Waals surface area contributed by atoms with E-state index < -0.39 is 7.12 Å². The van der Waals surface area contributed by atoms with Crippen molar-refractivity contribution in [1.82, 2.24) is 19.4 Å². The number of benzene rings is 2. The van der Waals surface area contributed by atoms with E-state index in [4.69, 9.17) is 9.97 Å². The van der Waals surface area contributed by atoms with Crippen LogP contribution < -0.4 is 10.8 Å². The molecule has 0 saturated carbocycles. The first kappa shape index (κ1) is 22.2. The molecular weight excluding hydrogens is 444 g/mol. The first-order valence-corrected chi connectivity index (χ1v) is 12.1. The Hall–Kier alpha value is -3.27. The molecule has 2 aromatic carbocycles. The Labute approximate surface area is 203 Å². The average Bonchev–Trinajstić information content (AvgIpc) is 3.45. The fourth-order valence-corrected chi connectivity index (χ4v) is 5.66. The molecular formula is C26H27BFN5O2. The molecule has 2 aliphatic heterocycles. The zero-order valence-corrected chi connectivity index (χ0v) is 19.6. The molecule has 0 amide bonds. The molecule has 1 atom stereocenters. The van der Waals surface area contributed by atoms with Gasteiger partial charge >= 0.3 is 7.12 Å². The quantitative estimate of drug-likeness (QED) is 0.388. The van der Waals surface area contributed by atoms with Crippen LogP contribution in [-0.2, 0) is 13.0 Å². The second-order valence-corrected chi connectivity index (χ2v) is 9.43. The zero-order valence-electron chi connectivity index (χ0n) is 19.6. The number of aromatic nitrogens is 3.